The molecule has 1 aliphatic carbocycles. The molecule has 0 amide bonds. The van der Waals surface area contributed by atoms with Gasteiger partial charge in [-0.2, -0.15) is 4.98 Å². The Morgan fingerprint density at radius 2 is 2.14 bits per heavy atom. The van der Waals surface area contributed by atoms with Crippen LogP contribution in [0.3, 0.4) is 0 Å². The van der Waals surface area contributed by atoms with Gasteiger partial charge in [-0.1, -0.05) is 18.0 Å². The van der Waals surface area contributed by atoms with Gasteiger partial charge in [-0.25, -0.2) is 0 Å². The lowest BCUT2D eigenvalue weighted by atomic mass is 9.85. The Morgan fingerprint density at radius 3 is 2.86 bits per heavy atom. The first-order valence-electron chi connectivity index (χ1n) is 7.12. The summed E-state index contributed by atoms with van der Waals surface area (Å²) in [5, 5.41) is 4.09. The number of ether oxygens (including phenoxy) is 1. The molecule has 2 aromatic rings. The van der Waals surface area contributed by atoms with E-state index in [0.29, 0.717) is 11.7 Å². The molecule has 1 aromatic heterocycles. The van der Waals surface area contributed by atoms with Crippen molar-refractivity contribution in [1.29, 1.82) is 0 Å². The van der Waals surface area contributed by atoms with E-state index in [2.05, 4.69) is 26.1 Å². The Balaban J connectivity index is 1.86. The molecule has 1 heterocycles. The van der Waals surface area contributed by atoms with E-state index in [0.717, 1.165) is 28.6 Å². The molecule has 2 N–H and O–H groups in total. The average Bonchev–Trinajstić information content (AvgIpc) is 2.97. The third-order valence-electron chi connectivity index (χ3n) is 3.99. The zero-order valence-electron chi connectivity index (χ0n) is 11.9. The molecule has 0 spiro atoms. The molecule has 1 aliphatic rings. The van der Waals surface area contributed by atoms with E-state index in [-0.39, 0.29) is 12.0 Å². The van der Waals surface area contributed by atoms with E-state index in [1.54, 1.807) is 7.11 Å². The van der Waals surface area contributed by atoms with Gasteiger partial charge in [-0.05, 0) is 47.0 Å². The van der Waals surface area contributed by atoms with Crippen LogP contribution in [0.4, 0.5) is 0 Å². The quantitative estimate of drug-likeness (QED) is 0.915. The summed E-state index contributed by atoms with van der Waals surface area (Å²) in [6, 6.07) is 5.84. The van der Waals surface area contributed by atoms with Gasteiger partial charge in [0.25, 0.3) is 0 Å². The summed E-state index contributed by atoms with van der Waals surface area (Å²) in [7, 11) is 1.64. The van der Waals surface area contributed by atoms with Gasteiger partial charge in [-0.15, -0.1) is 0 Å². The number of nitrogens with zero attached hydrogens (tertiary/aromatic N) is 2. The van der Waals surface area contributed by atoms with Gasteiger partial charge in [-0.3, -0.25) is 0 Å². The fraction of sp³-hybridized carbons (Fsp3) is 0.467. The zero-order valence-corrected chi connectivity index (χ0v) is 13.5. The van der Waals surface area contributed by atoms with Crippen molar-refractivity contribution in [3.8, 4) is 17.1 Å². The second kappa shape index (κ2) is 6.15. The van der Waals surface area contributed by atoms with Gasteiger partial charge in [0.2, 0.25) is 11.7 Å². The van der Waals surface area contributed by atoms with E-state index in [1.807, 2.05) is 18.2 Å². The molecule has 1 saturated carbocycles. The molecular formula is C15H18BrN3O2. The lowest BCUT2D eigenvalue weighted by Gasteiger charge is -2.25. The third kappa shape index (κ3) is 2.96. The predicted molar refractivity (Wildman–Crippen MR) is 83.2 cm³/mol. The van der Waals surface area contributed by atoms with Crippen LogP contribution in [-0.2, 0) is 0 Å². The molecule has 2 unspecified atom stereocenters. The highest BCUT2D eigenvalue weighted by molar-refractivity contribution is 9.10. The van der Waals surface area contributed by atoms with E-state index in [4.69, 9.17) is 15.0 Å². The summed E-state index contributed by atoms with van der Waals surface area (Å²) >= 11 is 3.47. The van der Waals surface area contributed by atoms with Crippen molar-refractivity contribution in [2.75, 3.05) is 7.11 Å². The largest absolute Gasteiger partial charge is 0.496 e. The lowest BCUT2D eigenvalue weighted by molar-refractivity contribution is 0.290. The number of nitrogens with two attached hydrogens (primary N) is 1. The minimum absolute atomic E-state index is 0.120. The van der Waals surface area contributed by atoms with Crippen molar-refractivity contribution in [3.05, 3.63) is 28.6 Å². The molecule has 0 aliphatic heterocycles. The Labute approximate surface area is 132 Å². The van der Waals surface area contributed by atoms with Crippen LogP contribution in [0.5, 0.6) is 5.75 Å². The summed E-state index contributed by atoms with van der Waals surface area (Å²) < 4.78 is 11.5. The fourth-order valence-corrected chi connectivity index (χ4v) is 3.32. The predicted octanol–water partition coefficient (Wildman–Crippen LogP) is 3.49. The van der Waals surface area contributed by atoms with Crippen molar-refractivity contribution in [1.82, 2.24) is 10.1 Å². The van der Waals surface area contributed by atoms with Crippen molar-refractivity contribution >= 4 is 15.9 Å². The molecule has 2 atom stereocenters. The topological polar surface area (TPSA) is 74.2 Å². The normalized spacial score (nSPS) is 22.2. The molecule has 21 heavy (non-hydrogen) atoms. The van der Waals surface area contributed by atoms with Crippen LogP contribution in [0.2, 0.25) is 0 Å². The van der Waals surface area contributed by atoms with Crippen LogP contribution in [0, 0.1) is 0 Å². The molecule has 0 radical (unpaired) electrons. The monoisotopic (exact) mass is 351 g/mol. The highest BCUT2D eigenvalue weighted by Gasteiger charge is 2.28. The van der Waals surface area contributed by atoms with E-state index in [9.17, 15) is 0 Å². The summed E-state index contributed by atoms with van der Waals surface area (Å²) in [6.07, 6.45) is 4.40. The number of benzene rings is 1. The molecule has 0 bridgehead atoms. The Hall–Kier alpha value is -1.40. The van der Waals surface area contributed by atoms with Crippen molar-refractivity contribution in [2.24, 2.45) is 5.73 Å². The summed E-state index contributed by atoms with van der Waals surface area (Å²) in [4.78, 5) is 4.53. The molecule has 1 fully saturated rings. The van der Waals surface area contributed by atoms with Crippen LogP contribution < -0.4 is 10.5 Å². The molecular weight excluding hydrogens is 334 g/mol. The van der Waals surface area contributed by atoms with Crippen molar-refractivity contribution in [2.45, 2.75) is 37.6 Å². The van der Waals surface area contributed by atoms with Crippen LogP contribution >= 0.6 is 15.9 Å². The molecule has 5 nitrogen and oxygen atoms in total. The summed E-state index contributed by atoms with van der Waals surface area (Å²) in [5.74, 6) is 2.20. The Morgan fingerprint density at radius 1 is 1.33 bits per heavy atom. The number of aromatic nitrogens is 2. The molecule has 0 saturated heterocycles. The summed E-state index contributed by atoms with van der Waals surface area (Å²) in [6.45, 7) is 0. The minimum Gasteiger partial charge on any atom is -0.496 e. The minimum atomic E-state index is 0.120. The van der Waals surface area contributed by atoms with Crippen LogP contribution in [-0.4, -0.2) is 23.3 Å². The number of halogens is 1. The van der Waals surface area contributed by atoms with Crippen molar-refractivity contribution < 1.29 is 9.26 Å². The number of hydrogen-bond donors (Lipinski definition) is 1. The number of methoxy groups -OCH3 is 1. The van der Waals surface area contributed by atoms with Crippen LogP contribution in [0.1, 0.15) is 37.5 Å². The van der Waals surface area contributed by atoms with Gasteiger partial charge < -0.3 is 15.0 Å². The molecule has 112 valence electrons. The number of rotatable bonds is 3. The van der Waals surface area contributed by atoms with Gasteiger partial charge in [0.15, 0.2) is 0 Å². The highest BCUT2D eigenvalue weighted by Crippen LogP contribution is 2.33. The highest BCUT2D eigenvalue weighted by atomic mass is 79.9. The van der Waals surface area contributed by atoms with Gasteiger partial charge in [0.1, 0.15) is 5.75 Å². The van der Waals surface area contributed by atoms with Gasteiger partial charge in [0, 0.05) is 11.6 Å². The zero-order chi connectivity index (χ0) is 14.8. The molecule has 3 rings (SSSR count). The van der Waals surface area contributed by atoms with E-state index in [1.165, 1.54) is 12.8 Å². The SMILES string of the molecule is COc1ccc(-c2noc(C3CCCCC3N)n2)cc1Br. The second-order valence-corrected chi connectivity index (χ2v) is 6.21. The van der Waals surface area contributed by atoms with Crippen LogP contribution in [0.15, 0.2) is 27.2 Å². The lowest BCUT2D eigenvalue weighted by Crippen LogP contribution is -2.31. The first-order chi connectivity index (χ1) is 10.2. The van der Waals surface area contributed by atoms with E-state index >= 15 is 0 Å². The smallest absolute Gasteiger partial charge is 0.231 e. The second-order valence-electron chi connectivity index (χ2n) is 5.36. The average molecular weight is 352 g/mol. The van der Waals surface area contributed by atoms with E-state index < -0.39 is 0 Å². The Kier molecular flexibility index (Phi) is 4.26. The van der Waals surface area contributed by atoms with Crippen LogP contribution in [0.25, 0.3) is 11.4 Å². The third-order valence-corrected chi connectivity index (χ3v) is 4.61. The standard InChI is InChI=1S/C15H18BrN3O2/c1-20-13-7-6-9(8-11(13)16)14-18-15(21-19-14)10-4-2-3-5-12(10)17/h6-8,10,12H,2-5,17H2,1H3. The maximum atomic E-state index is 6.17. The maximum absolute atomic E-state index is 6.17. The van der Waals surface area contributed by atoms with Crippen molar-refractivity contribution in [3.63, 3.8) is 0 Å². The maximum Gasteiger partial charge on any atom is 0.231 e. The fourth-order valence-electron chi connectivity index (χ4n) is 2.77. The first kappa shape index (κ1) is 14.5. The van der Waals surface area contributed by atoms with Gasteiger partial charge >= 0.3 is 0 Å². The number of hydrogen-bond acceptors (Lipinski definition) is 5. The molecule has 6 heteroatoms. The Bertz CT molecular complexity index is 629. The molecule has 1 aromatic carbocycles. The first-order valence-corrected chi connectivity index (χ1v) is 7.91. The van der Waals surface area contributed by atoms with Gasteiger partial charge in [0.05, 0.1) is 17.5 Å². The summed E-state index contributed by atoms with van der Waals surface area (Å²) in [5.41, 5.74) is 7.06.